The number of para-hydroxylation sites is 1. The maximum atomic E-state index is 12.4. The lowest BCUT2D eigenvalue weighted by atomic mass is 9.95. The maximum absolute atomic E-state index is 12.4. The van der Waals surface area contributed by atoms with Gasteiger partial charge in [0, 0.05) is 38.7 Å². The fourth-order valence-corrected chi connectivity index (χ4v) is 2.49. The number of rotatable bonds is 2. The van der Waals surface area contributed by atoms with Crippen molar-refractivity contribution in [2.75, 3.05) is 25.0 Å². The van der Waals surface area contributed by atoms with Gasteiger partial charge in [0.05, 0.1) is 0 Å². The molecule has 0 unspecified atom stereocenters. The van der Waals surface area contributed by atoms with Crippen molar-refractivity contribution in [1.29, 1.82) is 0 Å². The molecule has 1 aliphatic heterocycles. The van der Waals surface area contributed by atoms with Gasteiger partial charge < -0.3 is 9.80 Å². The molecule has 0 atom stereocenters. The van der Waals surface area contributed by atoms with Crippen molar-refractivity contribution in [2.24, 2.45) is 5.92 Å². The molecule has 1 saturated heterocycles. The number of nitrogens with zero attached hydrogens (tertiary/aromatic N) is 2. The van der Waals surface area contributed by atoms with E-state index in [4.69, 9.17) is 0 Å². The van der Waals surface area contributed by atoms with Crippen LogP contribution in [0.5, 0.6) is 0 Å². The molecule has 0 radical (unpaired) electrons. The normalized spacial score (nSPS) is 16.2. The molecule has 1 aliphatic rings. The van der Waals surface area contributed by atoms with E-state index in [1.54, 1.807) is 11.8 Å². The van der Waals surface area contributed by atoms with Crippen LogP contribution >= 0.6 is 0 Å². The smallest absolute Gasteiger partial charge is 0.229 e. The zero-order valence-corrected chi connectivity index (χ0v) is 11.5. The summed E-state index contributed by atoms with van der Waals surface area (Å²) >= 11 is 0. The van der Waals surface area contributed by atoms with Crippen LogP contribution in [0.1, 0.15) is 19.8 Å². The predicted molar refractivity (Wildman–Crippen MR) is 74.8 cm³/mol. The third-order valence-electron chi connectivity index (χ3n) is 3.76. The summed E-state index contributed by atoms with van der Waals surface area (Å²) in [5.41, 5.74) is 0.918. The first-order valence-electron chi connectivity index (χ1n) is 6.67. The molecule has 0 spiro atoms. The Labute approximate surface area is 114 Å². The highest BCUT2D eigenvalue weighted by Crippen LogP contribution is 2.22. The number of likely N-dealkylation sites (tertiary alicyclic amines) is 1. The monoisotopic (exact) mass is 260 g/mol. The summed E-state index contributed by atoms with van der Waals surface area (Å²) in [6.07, 6.45) is 1.52. The molecule has 2 amide bonds. The lowest BCUT2D eigenvalue weighted by Gasteiger charge is -2.32. The van der Waals surface area contributed by atoms with Gasteiger partial charge in [-0.2, -0.15) is 0 Å². The third kappa shape index (κ3) is 3.13. The first-order chi connectivity index (χ1) is 9.09. The Morgan fingerprint density at radius 1 is 1.16 bits per heavy atom. The van der Waals surface area contributed by atoms with Crippen LogP contribution in [0.15, 0.2) is 30.3 Å². The number of hydrogen-bond acceptors (Lipinski definition) is 2. The van der Waals surface area contributed by atoms with Crippen LogP contribution in [0.4, 0.5) is 5.69 Å². The number of amides is 2. The Morgan fingerprint density at radius 3 is 2.26 bits per heavy atom. The summed E-state index contributed by atoms with van der Waals surface area (Å²) in [5.74, 6) is 0.275. The Kier molecular flexibility index (Phi) is 4.20. The maximum Gasteiger partial charge on any atom is 0.229 e. The Bertz CT molecular complexity index is 450. The second-order valence-corrected chi connectivity index (χ2v) is 5.01. The lowest BCUT2D eigenvalue weighted by Crippen LogP contribution is -2.42. The standard InChI is InChI=1S/C15H20N2O2/c1-12(18)17-10-8-13(9-11-17)15(19)16(2)14-6-4-3-5-7-14/h3-7,13H,8-11H2,1-2H3. The average Bonchev–Trinajstić information content (AvgIpc) is 2.46. The van der Waals surface area contributed by atoms with Crippen LogP contribution in [0.3, 0.4) is 0 Å². The van der Waals surface area contributed by atoms with E-state index in [0.29, 0.717) is 13.1 Å². The van der Waals surface area contributed by atoms with Crippen LogP contribution in [-0.2, 0) is 9.59 Å². The van der Waals surface area contributed by atoms with Gasteiger partial charge in [-0.15, -0.1) is 0 Å². The number of anilines is 1. The summed E-state index contributed by atoms with van der Waals surface area (Å²) in [6, 6.07) is 9.66. The zero-order chi connectivity index (χ0) is 13.8. The highest BCUT2D eigenvalue weighted by atomic mass is 16.2. The van der Waals surface area contributed by atoms with Crippen LogP contribution < -0.4 is 4.90 Å². The van der Waals surface area contributed by atoms with E-state index >= 15 is 0 Å². The van der Waals surface area contributed by atoms with Gasteiger partial charge in [-0.25, -0.2) is 0 Å². The van der Waals surface area contributed by atoms with Crippen molar-refractivity contribution in [3.8, 4) is 0 Å². The summed E-state index contributed by atoms with van der Waals surface area (Å²) in [7, 11) is 1.81. The van der Waals surface area contributed by atoms with E-state index in [9.17, 15) is 9.59 Å². The second-order valence-electron chi connectivity index (χ2n) is 5.01. The molecule has 102 valence electrons. The summed E-state index contributed by atoms with van der Waals surface area (Å²) in [4.78, 5) is 27.2. The Morgan fingerprint density at radius 2 is 1.74 bits per heavy atom. The third-order valence-corrected chi connectivity index (χ3v) is 3.76. The Hall–Kier alpha value is -1.84. The lowest BCUT2D eigenvalue weighted by molar-refractivity contribution is -0.133. The minimum Gasteiger partial charge on any atom is -0.343 e. The molecule has 0 saturated carbocycles. The highest BCUT2D eigenvalue weighted by Gasteiger charge is 2.28. The molecule has 1 aromatic carbocycles. The van der Waals surface area contributed by atoms with Crippen molar-refractivity contribution >= 4 is 17.5 Å². The Balaban J connectivity index is 1.96. The summed E-state index contributed by atoms with van der Waals surface area (Å²) < 4.78 is 0. The first-order valence-corrected chi connectivity index (χ1v) is 6.67. The molecule has 4 heteroatoms. The molecule has 0 bridgehead atoms. The van der Waals surface area contributed by atoms with Gasteiger partial charge in [-0.3, -0.25) is 9.59 Å². The molecule has 1 heterocycles. The molecule has 2 rings (SSSR count). The van der Waals surface area contributed by atoms with Crippen LogP contribution in [0.2, 0.25) is 0 Å². The van der Waals surface area contributed by atoms with E-state index in [1.807, 2.05) is 42.3 Å². The molecule has 4 nitrogen and oxygen atoms in total. The number of piperidine rings is 1. The van der Waals surface area contributed by atoms with Gasteiger partial charge in [-0.05, 0) is 25.0 Å². The minimum absolute atomic E-state index is 0.0285. The van der Waals surface area contributed by atoms with E-state index in [2.05, 4.69) is 0 Å². The van der Waals surface area contributed by atoms with Crippen molar-refractivity contribution in [3.05, 3.63) is 30.3 Å². The number of benzene rings is 1. The summed E-state index contributed by atoms with van der Waals surface area (Å²) in [6.45, 7) is 2.96. The minimum atomic E-state index is 0.0285. The van der Waals surface area contributed by atoms with Gasteiger partial charge in [0.2, 0.25) is 11.8 Å². The van der Waals surface area contributed by atoms with Crippen LogP contribution in [0, 0.1) is 5.92 Å². The van der Waals surface area contributed by atoms with Gasteiger partial charge in [0.1, 0.15) is 0 Å². The fourth-order valence-electron chi connectivity index (χ4n) is 2.49. The predicted octanol–water partition coefficient (Wildman–Crippen LogP) is 1.91. The first kappa shape index (κ1) is 13.6. The topological polar surface area (TPSA) is 40.6 Å². The van der Waals surface area contributed by atoms with E-state index in [0.717, 1.165) is 18.5 Å². The van der Waals surface area contributed by atoms with Gasteiger partial charge in [-0.1, -0.05) is 18.2 Å². The van der Waals surface area contributed by atoms with Crippen molar-refractivity contribution < 1.29 is 9.59 Å². The van der Waals surface area contributed by atoms with E-state index < -0.39 is 0 Å². The number of hydrogen-bond donors (Lipinski definition) is 0. The quantitative estimate of drug-likeness (QED) is 0.815. The highest BCUT2D eigenvalue weighted by molar-refractivity contribution is 5.94. The molecule has 0 aliphatic carbocycles. The molecule has 19 heavy (non-hydrogen) atoms. The average molecular weight is 260 g/mol. The van der Waals surface area contributed by atoms with E-state index in [1.165, 1.54) is 0 Å². The molecule has 1 aromatic rings. The van der Waals surface area contributed by atoms with Gasteiger partial charge >= 0.3 is 0 Å². The molecular formula is C15H20N2O2. The number of carbonyl (C=O) groups is 2. The van der Waals surface area contributed by atoms with Gasteiger partial charge in [0.15, 0.2) is 0 Å². The fraction of sp³-hybridized carbons (Fsp3) is 0.467. The van der Waals surface area contributed by atoms with Crippen LogP contribution in [-0.4, -0.2) is 36.9 Å². The molecule has 0 aromatic heterocycles. The van der Waals surface area contributed by atoms with E-state index in [-0.39, 0.29) is 17.7 Å². The second kappa shape index (κ2) is 5.87. The van der Waals surface area contributed by atoms with Crippen molar-refractivity contribution in [3.63, 3.8) is 0 Å². The molecule has 0 N–H and O–H groups in total. The number of carbonyl (C=O) groups excluding carboxylic acids is 2. The molecular weight excluding hydrogens is 240 g/mol. The zero-order valence-electron chi connectivity index (χ0n) is 11.5. The SMILES string of the molecule is CC(=O)N1CCC(C(=O)N(C)c2ccccc2)CC1. The molecule has 1 fully saturated rings. The van der Waals surface area contributed by atoms with Crippen molar-refractivity contribution in [2.45, 2.75) is 19.8 Å². The largest absolute Gasteiger partial charge is 0.343 e. The van der Waals surface area contributed by atoms with Crippen molar-refractivity contribution in [1.82, 2.24) is 4.90 Å². The van der Waals surface area contributed by atoms with Gasteiger partial charge in [0.25, 0.3) is 0 Å². The summed E-state index contributed by atoms with van der Waals surface area (Å²) in [5, 5.41) is 0. The van der Waals surface area contributed by atoms with Crippen LogP contribution in [0.25, 0.3) is 0 Å².